The van der Waals surface area contributed by atoms with Crippen molar-refractivity contribution in [3.8, 4) is 5.75 Å². The average Bonchev–Trinajstić information content (AvgIpc) is 2.47. The average molecular weight is 273 g/mol. The Balaban J connectivity index is 1.83. The zero-order valence-electron chi connectivity index (χ0n) is 12.1. The summed E-state index contributed by atoms with van der Waals surface area (Å²) in [7, 11) is 0. The van der Waals surface area contributed by atoms with Crippen LogP contribution in [-0.4, -0.2) is 17.0 Å². The Labute approximate surface area is 120 Å². The Morgan fingerprint density at radius 3 is 2.90 bits per heavy atom. The van der Waals surface area contributed by atoms with E-state index in [0.29, 0.717) is 6.10 Å². The summed E-state index contributed by atoms with van der Waals surface area (Å²) in [6.45, 7) is 2.31. The second-order valence-corrected chi connectivity index (χ2v) is 6.19. The predicted octanol–water partition coefficient (Wildman–Crippen LogP) is 4.16. The van der Waals surface area contributed by atoms with E-state index in [1.54, 1.807) is 0 Å². The Kier molecular flexibility index (Phi) is 3.95. The van der Waals surface area contributed by atoms with Crippen molar-refractivity contribution in [3.05, 3.63) is 29.3 Å². The molecule has 2 unspecified atom stereocenters. The summed E-state index contributed by atoms with van der Waals surface area (Å²) in [4.78, 5) is 0. The molecule has 1 aromatic rings. The molecule has 0 heterocycles. The molecular weight excluding hydrogens is 250 g/mol. The van der Waals surface area contributed by atoms with Crippen LogP contribution < -0.4 is 4.74 Å². The van der Waals surface area contributed by atoms with Crippen LogP contribution in [0.4, 0.5) is 0 Å². The number of nitrogens with zero attached hydrogens (tertiary/aromatic N) is 1. The summed E-state index contributed by atoms with van der Waals surface area (Å²) in [5.74, 6) is 1.77. The lowest BCUT2D eigenvalue weighted by atomic mass is 9.87. The second-order valence-electron chi connectivity index (χ2n) is 6.19. The van der Waals surface area contributed by atoms with Crippen molar-refractivity contribution in [2.45, 2.75) is 58.0 Å². The smallest absolute Gasteiger partial charge is 0.123 e. The standard InChI is InChI=1S/C17H23NO2/c1-12-5-2-6-13(11-12)20-17-10-4-7-14-15(17)8-3-9-16(14)18-19/h4,7,10,12-13,19H,2-3,5-6,8-9,11H2,1H3. The van der Waals surface area contributed by atoms with E-state index in [0.717, 1.165) is 55.0 Å². The maximum atomic E-state index is 9.13. The molecule has 1 saturated carbocycles. The highest BCUT2D eigenvalue weighted by molar-refractivity contribution is 6.02. The van der Waals surface area contributed by atoms with Gasteiger partial charge in [-0.05, 0) is 50.5 Å². The summed E-state index contributed by atoms with van der Waals surface area (Å²) in [5, 5.41) is 12.6. The molecule has 2 aliphatic carbocycles. The van der Waals surface area contributed by atoms with Crippen molar-refractivity contribution in [1.82, 2.24) is 0 Å². The number of hydrogen-bond donors (Lipinski definition) is 1. The van der Waals surface area contributed by atoms with Crippen LogP contribution in [0.5, 0.6) is 5.75 Å². The van der Waals surface area contributed by atoms with E-state index in [9.17, 15) is 0 Å². The van der Waals surface area contributed by atoms with Gasteiger partial charge in [-0.25, -0.2) is 0 Å². The molecule has 2 atom stereocenters. The quantitative estimate of drug-likeness (QED) is 0.649. The third kappa shape index (κ3) is 2.67. The molecule has 1 fully saturated rings. The van der Waals surface area contributed by atoms with E-state index in [1.807, 2.05) is 12.1 Å². The van der Waals surface area contributed by atoms with Gasteiger partial charge in [0.15, 0.2) is 0 Å². The molecule has 0 aliphatic heterocycles. The zero-order chi connectivity index (χ0) is 13.9. The van der Waals surface area contributed by atoms with E-state index in [2.05, 4.69) is 18.1 Å². The van der Waals surface area contributed by atoms with Crippen molar-refractivity contribution >= 4 is 5.71 Å². The van der Waals surface area contributed by atoms with Gasteiger partial charge in [-0.1, -0.05) is 30.6 Å². The fourth-order valence-electron chi connectivity index (χ4n) is 3.54. The maximum Gasteiger partial charge on any atom is 0.123 e. The largest absolute Gasteiger partial charge is 0.490 e. The lowest BCUT2D eigenvalue weighted by molar-refractivity contribution is 0.128. The first-order valence-electron chi connectivity index (χ1n) is 7.77. The van der Waals surface area contributed by atoms with Crippen molar-refractivity contribution < 1.29 is 9.94 Å². The molecule has 0 aromatic heterocycles. The Bertz CT molecular complexity index is 510. The minimum Gasteiger partial charge on any atom is -0.490 e. The number of ether oxygens (including phenoxy) is 1. The molecule has 1 aromatic carbocycles. The minimum atomic E-state index is 0.349. The number of oxime groups is 1. The molecule has 0 saturated heterocycles. The van der Waals surface area contributed by atoms with Crippen molar-refractivity contribution in [3.63, 3.8) is 0 Å². The number of benzene rings is 1. The van der Waals surface area contributed by atoms with E-state index in [1.165, 1.54) is 18.4 Å². The highest BCUT2D eigenvalue weighted by atomic mass is 16.5. The summed E-state index contributed by atoms with van der Waals surface area (Å²) in [6.07, 6.45) is 8.17. The van der Waals surface area contributed by atoms with Gasteiger partial charge in [-0.15, -0.1) is 0 Å². The van der Waals surface area contributed by atoms with Crippen LogP contribution in [0.3, 0.4) is 0 Å². The first-order valence-corrected chi connectivity index (χ1v) is 7.77. The molecule has 3 rings (SSSR count). The molecular formula is C17H23NO2. The fourth-order valence-corrected chi connectivity index (χ4v) is 3.54. The minimum absolute atomic E-state index is 0.349. The van der Waals surface area contributed by atoms with Crippen molar-refractivity contribution in [1.29, 1.82) is 0 Å². The predicted molar refractivity (Wildman–Crippen MR) is 79.8 cm³/mol. The first kappa shape index (κ1) is 13.5. The molecule has 20 heavy (non-hydrogen) atoms. The lowest BCUT2D eigenvalue weighted by Gasteiger charge is -2.29. The van der Waals surface area contributed by atoms with Crippen molar-refractivity contribution in [2.75, 3.05) is 0 Å². The Hall–Kier alpha value is -1.51. The highest BCUT2D eigenvalue weighted by Gasteiger charge is 2.24. The van der Waals surface area contributed by atoms with Crippen LogP contribution in [0.25, 0.3) is 0 Å². The van der Waals surface area contributed by atoms with Crippen LogP contribution >= 0.6 is 0 Å². The molecule has 0 bridgehead atoms. The van der Waals surface area contributed by atoms with Gasteiger partial charge in [-0.2, -0.15) is 0 Å². The number of hydrogen-bond acceptors (Lipinski definition) is 3. The van der Waals surface area contributed by atoms with Crippen LogP contribution in [0, 0.1) is 5.92 Å². The Morgan fingerprint density at radius 1 is 1.20 bits per heavy atom. The van der Waals surface area contributed by atoms with E-state index in [-0.39, 0.29) is 0 Å². The topological polar surface area (TPSA) is 41.8 Å². The molecule has 108 valence electrons. The first-order chi connectivity index (χ1) is 9.78. The molecule has 3 heteroatoms. The fraction of sp³-hybridized carbons (Fsp3) is 0.588. The SMILES string of the molecule is CC1CCCC(Oc2cccc3c2CCCC3=NO)C1. The van der Waals surface area contributed by atoms with Gasteiger partial charge in [0.1, 0.15) is 5.75 Å². The monoisotopic (exact) mass is 273 g/mol. The maximum absolute atomic E-state index is 9.13. The summed E-state index contributed by atoms with van der Waals surface area (Å²) in [5.41, 5.74) is 3.10. The third-order valence-electron chi connectivity index (χ3n) is 4.59. The van der Waals surface area contributed by atoms with E-state index < -0.39 is 0 Å². The van der Waals surface area contributed by atoms with Crippen LogP contribution in [0.15, 0.2) is 23.4 Å². The van der Waals surface area contributed by atoms with Crippen molar-refractivity contribution in [2.24, 2.45) is 11.1 Å². The Morgan fingerprint density at radius 2 is 2.10 bits per heavy atom. The van der Waals surface area contributed by atoms with E-state index >= 15 is 0 Å². The zero-order valence-corrected chi connectivity index (χ0v) is 12.1. The van der Waals surface area contributed by atoms with Crippen LogP contribution in [0.2, 0.25) is 0 Å². The van der Waals surface area contributed by atoms with E-state index in [4.69, 9.17) is 9.94 Å². The third-order valence-corrected chi connectivity index (χ3v) is 4.59. The highest BCUT2D eigenvalue weighted by Crippen LogP contribution is 2.33. The lowest BCUT2D eigenvalue weighted by Crippen LogP contribution is -2.25. The molecule has 0 amide bonds. The van der Waals surface area contributed by atoms with Crippen LogP contribution in [-0.2, 0) is 6.42 Å². The summed E-state index contributed by atoms with van der Waals surface area (Å²) < 4.78 is 6.28. The van der Waals surface area contributed by atoms with Gasteiger partial charge in [0.2, 0.25) is 0 Å². The van der Waals surface area contributed by atoms with Gasteiger partial charge in [0.05, 0.1) is 11.8 Å². The normalized spacial score (nSPS) is 28.1. The second kappa shape index (κ2) is 5.86. The summed E-state index contributed by atoms with van der Waals surface area (Å²) >= 11 is 0. The van der Waals surface area contributed by atoms with Gasteiger partial charge >= 0.3 is 0 Å². The molecule has 0 radical (unpaired) electrons. The van der Waals surface area contributed by atoms with Gasteiger partial charge in [-0.3, -0.25) is 0 Å². The molecule has 2 aliphatic rings. The molecule has 3 nitrogen and oxygen atoms in total. The van der Waals surface area contributed by atoms with Gasteiger partial charge in [0.25, 0.3) is 0 Å². The number of rotatable bonds is 2. The van der Waals surface area contributed by atoms with Gasteiger partial charge in [0, 0.05) is 11.1 Å². The summed E-state index contributed by atoms with van der Waals surface area (Å²) in [6, 6.07) is 6.12. The van der Waals surface area contributed by atoms with Gasteiger partial charge < -0.3 is 9.94 Å². The van der Waals surface area contributed by atoms with Crippen LogP contribution in [0.1, 0.15) is 56.6 Å². The number of fused-ring (bicyclic) bond motifs is 1. The molecule has 1 N–H and O–H groups in total. The molecule has 0 spiro atoms.